The molecule has 1 heterocycles. The Balaban J connectivity index is 0.00000261. The Hall–Kier alpha value is -1.93. The molecular weight excluding hydrogens is 375 g/mol. The molecule has 0 spiro atoms. The van der Waals surface area contributed by atoms with Gasteiger partial charge in [-0.3, -0.25) is 4.79 Å². The second-order valence-corrected chi connectivity index (χ2v) is 7.42. The van der Waals surface area contributed by atoms with Crippen LogP contribution in [-0.4, -0.2) is 49.0 Å². The van der Waals surface area contributed by atoms with Crippen molar-refractivity contribution in [3.63, 3.8) is 0 Å². The Kier molecular flexibility index (Phi) is 7.00. The van der Waals surface area contributed by atoms with Crippen molar-refractivity contribution in [2.24, 2.45) is 0 Å². The van der Waals surface area contributed by atoms with Crippen molar-refractivity contribution in [1.82, 2.24) is 9.88 Å². The van der Waals surface area contributed by atoms with Gasteiger partial charge in [0.25, 0.3) is 10.0 Å². The number of amides is 1. The van der Waals surface area contributed by atoms with Gasteiger partial charge in [-0.15, -0.1) is 0 Å². The second-order valence-electron chi connectivity index (χ2n) is 5.74. The molecule has 0 radical (unpaired) electrons. The van der Waals surface area contributed by atoms with E-state index in [-0.39, 0.29) is 40.9 Å². The monoisotopic (exact) mass is 394 g/mol. The Bertz CT molecular complexity index is 1050. The number of carbonyl (C=O) groups is 1. The fourth-order valence-corrected chi connectivity index (χ4v) is 3.71. The Labute approximate surface area is 180 Å². The van der Waals surface area contributed by atoms with E-state index in [0.29, 0.717) is 17.0 Å². The molecular formula is C19H19N2NaO4S. The molecule has 1 N–H and O–H groups in total. The van der Waals surface area contributed by atoms with Crippen molar-refractivity contribution in [2.75, 3.05) is 0 Å². The van der Waals surface area contributed by atoms with Crippen molar-refractivity contribution >= 4 is 45.5 Å². The second kappa shape index (κ2) is 8.84. The van der Waals surface area contributed by atoms with E-state index >= 15 is 0 Å². The number of benzene rings is 2. The number of rotatable bonds is 5. The normalized spacial score (nSPS) is 10.9. The van der Waals surface area contributed by atoms with Crippen LogP contribution in [0.4, 0.5) is 0 Å². The van der Waals surface area contributed by atoms with E-state index in [4.69, 9.17) is 4.52 Å². The molecule has 2 aromatic carbocycles. The SMILES string of the molecule is CCC(=O)NS(=O)(=O)c1cccc(-c2c(-c3ccccc3)noc2C)c1.[NaH]. The first kappa shape index (κ1) is 21.4. The van der Waals surface area contributed by atoms with Crippen molar-refractivity contribution < 1.29 is 17.7 Å². The number of nitrogens with one attached hydrogen (secondary N) is 1. The van der Waals surface area contributed by atoms with Crippen LogP contribution in [0.2, 0.25) is 0 Å². The van der Waals surface area contributed by atoms with Gasteiger partial charge in [-0.05, 0) is 24.6 Å². The first-order valence-corrected chi connectivity index (χ1v) is 9.58. The van der Waals surface area contributed by atoms with Gasteiger partial charge in [-0.1, -0.05) is 54.5 Å². The number of aromatic nitrogens is 1. The van der Waals surface area contributed by atoms with Crippen molar-refractivity contribution in [2.45, 2.75) is 25.2 Å². The number of hydrogen-bond acceptors (Lipinski definition) is 5. The van der Waals surface area contributed by atoms with Crippen LogP contribution in [0.3, 0.4) is 0 Å². The minimum absolute atomic E-state index is 0. The summed E-state index contributed by atoms with van der Waals surface area (Å²) in [5.74, 6) is 0.0255. The fraction of sp³-hybridized carbons (Fsp3) is 0.158. The van der Waals surface area contributed by atoms with Crippen LogP contribution in [0.5, 0.6) is 0 Å². The molecule has 0 fully saturated rings. The summed E-state index contributed by atoms with van der Waals surface area (Å²) in [6.07, 6.45) is 0.0852. The van der Waals surface area contributed by atoms with E-state index in [9.17, 15) is 13.2 Å². The van der Waals surface area contributed by atoms with Gasteiger partial charge in [-0.25, -0.2) is 13.1 Å². The zero-order valence-corrected chi connectivity index (χ0v) is 15.2. The molecule has 0 bridgehead atoms. The summed E-state index contributed by atoms with van der Waals surface area (Å²) in [6.45, 7) is 3.36. The quantitative estimate of drug-likeness (QED) is 0.672. The van der Waals surface area contributed by atoms with Crippen LogP contribution >= 0.6 is 0 Å². The molecule has 8 heteroatoms. The number of nitrogens with zero attached hydrogens (tertiary/aromatic N) is 1. The van der Waals surface area contributed by atoms with Crippen LogP contribution in [0.15, 0.2) is 64.0 Å². The third-order valence-electron chi connectivity index (χ3n) is 3.91. The molecule has 0 atom stereocenters. The summed E-state index contributed by atoms with van der Waals surface area (Å²) in [7, 11) is -3.93. The van der Waals surface area contributed by atoms with Gasteiger partial charge < -0.3 is 4.52 Å². The summed E-state index contributed by atoms with van der Waals surface area (Å²) in [6, 6.07) is 15.9. The topological polar surface area (TPSA) is 89.3 Å². The molecule has 1 aromatic heterocycles. The number of sulfonamides is 1. The van der Waals surface area contributed by atoms with Crippen molar-refractivity contribution in [3.8, 4) is 22.4 Å². The number of carbonyl (C=O) groups excluding carboxylic acids is 1. The third kappa shape index (κ3) is 4.68. The molecule has 0 saturated carbocycles. The Morgan fingerprint density at radius 3 is 2.41 bits per heavy atom. The third-order valence-corrected chi connectivity index (χ3v) is 5.28. The summed E-state index contributed by atoms with van der Waals surface area (Å²) in [4.78, 5) is 11.5. The summed E-state index contributed by atoms with van der Waals surface area (Å²) < 4.78 is 32.2. The van der Waals surface area contributed by atoms with Gasteiger partial charge in [0.1, 0.15) is 11.5 Å². The van der Waals surface area contributed by atoms with E-state index in [1.54, 1.807) is 26.0 Å². The van der Waals surface area contributed by atoms with Crippen LogP contribution in [0.1, 0.15) is 19.1 Å². The minimum atomic E-state index is -3.93. The van der Waals surface area contributed by atoms with Gasteiger partial charge in [0.05, 0.1) is 10.5 Å². The molecule has 1 amide bonds. The molecule has 0 aliphatic rings. The van der Waals surface area contributed by atoms with Crippen molar-refractivity contribution in [1.29, 1.82) is 0 Å². The van der Waals surface area contributed by atoms with Gasteiger partial charge >= 0.3 is 29.6 Å². The first-order chi connectivity index (χ1) is 12.4. The predicted molar refractivity (Wildman–Crippen MR) is 105 cm³/mol. The fourth-order valence-electron chi connectivity index (χ4n) is 2.60. The molecule has 3 rings (SSSR count). The molecule has 0 saturated heterocycles. The van der Waals surface area contributed by atoms with E-state index in [1.165, 1.54) is 12.1 Å². The molecule has 0 aliphatic carbocycles. The average molecular weight is 394 g/mol. The number of hydrogen-bond donors (Lipinski definition) is 1. The summed E-state index contributed by atoms with van der Waals surface area (Å²) in [5, 5.41) is 4.12. The molecule has 27 heavy (non-hydrogen) atoms. The first-order valence-electron chi connectivity index (χ1n) is 8.10. The molecule has 0 unspecified atom stereocenters. The van der Waals surface area contributed by atoms with Crippen LogP contribution in [0, 0.1) is 6.92 Å². The summed E-state index contributed by atoms with van der Waals surface area (Å²) >= 11 is 0. The molecule has 3 aromatic rings. The Morgan fingerprint density at radius 2 is 1.74 bits per heavy atom. The molecule has 6 nitrogen and oxygen atoms in total. The van der Waals surface area contributed by atoms with E-state index in [0.717, 1.165) is 11.1 Å². The summed E-state index contributed by atoms with van der Waals surface area (Å²) in [5.41, 5.74) is 2.87. The maximum absolute atomic E-state index is 12.4. The maximum atomic E-state index is 12.4. The van der Waals surface area contributed by atoms with Gasteiger partial charge in [0, 0.05) is 12.0 Å². The van der Waals surface area contributed by atoms with Gasteiger partial charge in [0.2, 0.25) is 5.91 Å². The van der Waals surface area contributed by atoms with Crippen LogP contribution in [-0.2, 0) is 14.8 Å². The van der Waals surface area contributed by atoms with Crippen molar-refractivity contribution in [3.05, 3.63) is 60.4 Å². The zero-order chi connectivity index (χ0) is 18.7. The van der Waals surface area contributed by atoms with E-state index in [1.807, 2.05) is 35.1 Å². The van der Waals surface area contributed by atoms with Gasteiger partial charge in [0.15, 0.2) is 0 Å². The van der Waals surface area contributed by atoms with E-state index < -0.39 is 15.9 Å². The van der Waals surface area contributed by atoms with E-state index in [2.05, 4.69) is 5.16 Å². The van der Waals surface area contributed by atoms with Crippen LogP contribution in [0.25, 0.3) is 22.4 Å². The molecule has 0 aliphatic heterocycles. The Morgan fingerprint density at radius 1 is 1.07 bits per heavy atom. The number of aryl methyl sites for hydroxylation is 1. The van der Waals surface area contributed by atoms with Gasteiger partial charge in [-0.2, -0.15) is 0 Å². The zero-order valence-electron chi connectivity index (χ0n) is 14.4. The average Bonchev–Trinajstić information content (AvgIpc) is 3.03. The molecule has 136 valence electrons. The standard InChI is InChI=1S/C19H18N2O4S.Na.H/c1-3-17(22)21-26(23,24)16-11-7-10-15(12-16)18-13(2)25-20-19(18)14-8-5-4-6-9-14;;/h4-12H,3H2,1-2H3,(H,21,22);;. The predicted octanol–water partition coefficient (Wildman–Crippen LogP) is 2.88. The van der Waals surface area contributed by atoms with Crippen LogP contribution < -0.4 is 4.72 Å².